The molecule has 0 bridgehead atoms. The quantitative estimate of drug-likeness (QED) is 0.935. The average Bonchev–Trinajstić information content (AvgIpc) is 3.13. The second kappa shape index (κ2) is 6.09. The summed E-state index contributed by atoms with van der Waals surface area (Å²) in [7, 11) is 1.99. The fourth-order valence-electron chi connectivity index (χ4n) is 3.58. The number of nitrogens with zero attached hydrogens (tertiary/aromatic N) is 3. The lowest BCUT2D eigenvalue weighted by Crippen LogP contribution is -2.48. The Balaban J connectivity index is 1.52. The molecule has 0 saturated heterocycles. The molecule has 4 rings (SSSR count). The number of rotatable bonds is 4. The molecule has 1 aliphatic carbocycles. The minimum absolute atomic E-state index is 0.118. The molecule has 3 heterocycles. The van der Waals surface area contributed by atoms with Gasteiger partial charge in [-0.3, -0.25) is 9.69 Å². The van der Waals surface area contributed by atoms with Gasteiger partial charge < -0.3 is 9.88 Å². The van der Waals surface area contributed by atoms with E-state index in [-0.39, 0.29) is 11.8 Å². The molecule has 1 atom stereocenters. The third-order valence-corrected chi connectivity index (χ3v) is 5.96. The van der Waals surface area contributed by atoms with Gasteiger partial charge in [-0.1, -0.05) is 12.5 Å². The van der Waals surface area contributed by atoms with Crippen LogP contribution in [0.3, 0.4) is 0 Å². The van der Waals surface area contributed by atoms with Gasteiger partial charge in [0.15, 0.2) is 0 Å². The van der Waals surface area contributed by atoms with Gasteiger partial charge in [-0.2, -0.15) is 0 Å². The van der Waals surface area contributed by atoms with E-state index in [1.165, 1.54) is 24.1 Å². The second-order valence-electron chi connectivity index (χ2n) is 6.55. The molecule has 2 aromatic rings. The number of aryl methyl sites for hydroxylation is 1. The molecule has 6 heteroatoms. The maximum atomic E-state index is 12.8. The molecule has 1 aliphatic heterocycles. The van der Waals surface area contributed by atoms with E-state index in [1.807, 2.05) is 29.4 Å². The van der Waals surface area contributed by atoms with Crippen molar-refractivity contribution in [2.24, 2.45) is 7.05 Å². The number of hydrogen-bond acceptors (Lipinski definition) is 4. The van der Waals surface area contributed by atoms with Crippen LogP contribution in [0.2, 0.25) is 0 Å². The van der Waals surface area contributed by atoms with Crippen LogP contribution in [-0.2, 0) is 24.9 Å². The first-order chi connectivity index (χ1) is 11.2. The lowest BCUT2D eigenvalue weighted by molar-refractivity contribution is -0.124. The summed E-state index contributed by atoms with van der Waals surface area (Å²) in [6.45, 7) is 2.31. The van der Waals surface area contributed by atoms with Gasteiger partial charge in [0.2, 0.25) is 5.91 Å². The molecule has 1 N–H and O–H groups in total. The summed E-state index contributed by atoms with van der Waals surface area (Å²) < 4.78 is 2.02. The van der Waals surface area contributed by atoms with Gasteiger partial charge >= 0.3 is 0 Å². The number of amides is 1. The lowest BCUT2D eigenvalue weighted by Gasteiger charge is -2.41. The first-order valence-corrected chi connectivity index (χ1v) is 9.14. The van der Waals surface area contributed by atoms with Crippen LogP contribution in [-0.4, -0.2) is 32.9 Å². The summed E-state index contributed by atoms with van der Waals surface area (Å²) in [5.74, 6) is -0.000847. The van der Waals surface area contributed by atoms with E-state index in [0.717, 1.165) is 24.5 Å². The van der Waals surface area contributed by atoms with Gasteiger partial charge in [-0.25, -0.2) is 4.98 Å². The van der Waals surface area contributed by atoms with Crippen LogP contribution >= 0.6 is 11.3 Å². The summed E-state index contributed by atoms with van der Waals surface area (Å²) in [6.07, 6.45) is 5.66. The molecule has 0 unspecified atom stereocenters. The summed E-state index contributed by atoms with van der Waals surface area (Å²) in [4.78, 5) is 21.0. The largest absolute Gasteiger partial charge is 0.351 e. The highest BCUT2D eigenvalue weighted by Crippen LogP contribution is 2.34. The van der Waals surface area contributed by atoms with Crippen LogP contribution < -0.4 is 5.32 Å². The smallest absolute Gasteiger partial charge is 0.230 e. The Morgan fingerprint density at radius 1 is 1.48 bits per heavy atom. The van der Waals surface area contributed by atoms with Gasteiger partial charge in [-0.15, -0.1) is 11.3 Å². The Morgan fingerprint density at radius 2 is 2.35 bits per heavy atom. The first-order valence-electron chi connectivity index (χ1n) is 8.26. The van der Waals surface area contributed by atoms with Crippen LogP contribution in [0.1, 0.15) is 41.4 Å². The monoisotopic (exact) mass is 330 g/mol. The van der Waals surface area contributed by atoms with Crippen molar-refractivity contribution >= 4 is 17.2 Å². The van der Waals surface area contributed by atoms with Gasteiger partial charge in [0, 0.05) is 31.1 Å². The summed E-state index contributed by atoms with van der Waals surface area (Å²) >= 11 is 1.68. The van der Waals surface area contributed by atoms with Crippen LogP contribution in [0.25, 0.3) is 0 Å². The van der Waals surface area contributed by atoms with Crippen molar-refractivity contribution in [2.75, 3.05) is 6.54 Å². The van der Waals surface area contributed by atoms with Crippen molar-refractivity contribution in [3.8, 4) is 0 Å². The molecule has 1 fully saturated rings. The number of imidazole rings is 1. The second-order valence-corrected chi connectivity index (χ2v) is 7.58. The zero-order valence-electron chi connectivity index (χ0n) is 13.4. The summed E-state index contributed by atoms with van der Waals surface area (Å²) in [5, 5.41) is 5.15. The van der Waals surface area contributed by atoms with Crippen LogP contribution in [0.5, 0.6) is 0 Å². The van der Waals surface area contributed by atoms with Crippen molar-refractivity contribution < 1.29 is 4.79 Å². The standard InChI is InChI=1S/C17H22N4OS/c1-20-11-19-15-10-21(12-4-2-5-12)9-14(16(15)20)17(22)18-8-13-6-3-7-23-13/h3,6-7,11-12,14H,2,4-5,8-10H2,1H3,(H,18,22)/t14-/m1/s1. The van der Waals surface area contributed by atoms with E-state index in [1.54, 1.807) is 11.3 Å². The van der Waals surface area contributed by atoms with Gasteiger partial charge in [0.1, 0.15) is 0 Å². The predicted molar refractivity (Wildman–Crippen MR) is 90.2 cm³/mol. The normalized spacial score (nSPS) is 21.7. The van der Waals surface area contributed by atoms with E-state index < -0.39 is 0 Å². The van der Waals surface area contributed by atoms with Crippen molar-refractivity contribution in [2.45, 2.75) is 44.3 Å². The molecular formula is C17H22N4OS. The van der Waals surface area contributed by atoms with Crippen LogP contribution in [0, 0.1) is 0 Å². The molecule has 2 aromatic heterocycles. The molecule has 2 aliphatic rings. The summed E-state index contributed by atoms with van der Waals surface area (Å²) in [6, 6.07) is 4.71. The highest BCUT2D eigenvalue weighted by molar-refractivity contribution is 7.09. The first kappa shape index (κ1) is 14.9. The number of hydrogen-bond donors (Lipinski definition) is 1. The number of carbonyl (C=O) groups is 1. The fraction of sp³-hybridized carbons (Fsp3) is 0.529. The highest BCUT2D eigenvalue weighted by Gasteiger charge is 2.37. The minimum Gasteiger partial charge on any atom is -0.351 e. The Labute approximate surface area is 140 Å². The zero-order chi connectivity index (χ0) is 15.8. The number of nitrogens with one attached hydrogen (secondary N) is 1. The number of thiophene rings is 1. The van der Waals surface area contributed by atoms with Crippen LogP contribution in [0.4, 0.5) is 0 Å². The predicted octanol–water partition coefficient (Wildman–Crippen LogP) is 2.25. The maximum absolute atomic E-state index is 12.8. The molecule has 5 nitrogen and oxygen atoms in total. The third-order valence-electron chi connectivity index (χ3n) is 5.09. The molecule has 23 heavy (non-hydrogen) atoms. The van der Waals surface area contributed by atoms with E-state index >= 15 is 0 Å². The van der Waals surface area contributed by atoms with Crippen molar-refractivity contribution in [3.63, 3.8) is 0 Å². The van der Waals surface area contributed by atoms with Gasteiger partial charge in [-0.05, 0) is 24.3 Å². The number of aromatic nitrogens is 2. The van der Waals surface area contributed by atoms with E-state index in [9.17, 15) is 4.79 Å². The molecule has 0 spiro atoms. The molecule has 1 saturated carbocycles. The van der Waals surface area contributed by atoms with Crippen molar-refractivity contribution in [1.29, 1.82) is 0 Å². The van der Waals surface area contributed by atoms with Gasteiger partial charge in [0.25, 0.3) is 0 Å². The minimum atomic E-state index is -0.119. The Kier molecular flexibility index (Phi) is 3.95. The number of fused-ring (bicyclic) bond motifs is 1. The molecule has 0 radical (unpaired) electrons. The van der Waals surface area contributed by atoms with Crippen LogP contribution in [0.15, 0.2) is 23.8 Å². The van der Waals surface area contributed by atoms with Gasteiger partial charge in [0.05, 0.1) is 30.2 Å². The molecule has 1 amide bonds. The van der Waals surface area contributed by atoms with E-state index in [0.29, 0.717) is 12.6 Å². The number of carbonyl (C=O) groups excluding carboxylic acids is 1. The average molecular weight is 330 g/mol. The Bertz CT molecular complexity index is 690. The SMILES string of the molecule is Cn1cnc2c1[C@H](C(=O)NCc1cccs1)CN(C1CCC1)C2. The Morgan fingerprint density at radius 3 is 3.04 bits per heavy atom. The zero-order valence-corrected chi connectivity index (χ0v) is 14.2. The highest BCUT2D eigenvalue weighted by atomic mass is 32.1. The maximum Gasteiger partial charge on any atom is 0.230 e. The topological polar surface area (TPSA) is 50.2 Å². The van der Waals surface area contributed by atoms with E-state index in [2.05, 4.69) is 21.3 Å². The third kappa shape index (κ3) is 2.81. The molecule has 0 aromatic carbocycles. The lowest BCUT2D eigenvalue weighted by atomic mass is 9.87. The summed E-state index contributed by atoms with van der Waals surface area (Å²) in [5.41, 5.74) is 2.16. The molecule has 122 valence electrons. The fourth-order valence-corrected chi connectivity index (χ4v) is 4.23. The van der Waals surface area contributed by atoms with Crippen molar-refractivity contribution in [3.05, 3.63) is 40.1 Å². The van der Waals surface area contributed by atoms with E-state index in [4.69, 9.17) is 0 Å². The molecular weight excluding hydrogens is 308 g/mol. The Hall–Kier alpha value is -1.66. The van der Waals surface area contributed by atoms with Crippen molar-refractivity contribution in [1.82, 2.24) is 19.8 Å².